The van der Waals surface area contributed by atoms with E-state index >= 15 is 0 Å². The van der Waals surface area contributed by atoms with Crippen LogP contribution >= 0.6 is 15.9 Å². The molecule has 3 nitrogen and oxygen atoms in total. The van der Waals surface area contributed by atoms with Crippen LogP contribution in [0, 0.1) is 5.92 Å². The first-order valence-electron chi connectivity index (χ1n) is 11.4. The maximum absolute atomic E-state index is 13.5. The Bertz CT molecular complexity index is 785. The molecular weight excluding hydrogens is 424 g/mol. The summed E-state index contributed by atoms with van der Waals surface area (Å²) in [4.78, 5) is 15.8. The molecule has 0 bridgehead atoms. The number of carbonyl (C=O) groups is 1. The molecule has 0 unspecified atom stereocenters. The Morgan fingerprint density at radius 1 is 0.931 bits per heavy atom. The Labute approximate surface area is 183 Å². The number of hydrogen-bond acceptors (Lipinski definition) is 1. The zero-order valence-corrected chi connectivity index (χ0v) is 18.9. The van der Waals surface area contributed by atoms with Gasteiger partial charge in [0.25, 0.3) is 0 Å². The highest BCUT2D eigenvalue weighted by Crippen LogP contribution is 2.30. The Hall–Kier alpha value is -1.55. The minimum atomic E-state index is 0.251. The largest absolute Gasteiger partial charge is 0.345 e. The van der Waals surface area contributed by atoms with Crippen molar-refractivity contribution in [3.05, 3.63) is 58.3 Å². The van der Waals surface area contributed by atoms with Gasteiger partial charge in [-0.25, -0.2) is 0 Å². The molecule has 1 aromatic carbocycles. The third-order valence-corrected chi connectivity index (χ3v) is 7.30. The Morgan fingerprint density at radius 2 is 1.59 bits per heavy atom. The topological polar surface area (TPSA) is 25.2 Å². The van der Waals surface area contributed by atoms with Crippen LogP contribution in [0.3, 0.4) is 0 Å². The van der Waals surface area contributed by atoms with Crippen LogP contribution in [0.1, 0.15) is 75.5 Å². The van der Waals surface area contributed by atoms with E-state index in [0.29, 0.717) is 11.9 Å². The van der Waals surface area contributed by atoms with E-state index < -0.39 is 0 Å². The van der Waals surface area contributed by atoms with Crippen LogP contribution in [-0.2, 0) is 17.9 Å². The van der Waals surface area contributed by atoms with Gasteiger partial charge >= 0.3 is 0 Å². The van der Waals surface area contributed by atoms with Gasteiger partial charge < -0.3 is 9.47 Å². The number of hydrogen-bond donors (Lipinski definition) is 0. The predicted octanol–water partition coefficient (Wildman–Crippen LogP) is 6.54. The predicted molar refractivity (Wildman–Crippen MR) is 122 cm³/mol. The fourth-order valence-corrected chi connectivity index (χ4v) is 5.34. The van der Waals surface area contributed by atoms with Crippen molar-refractivity contribution in [3.8, 4) is 0 Å². The molecule has 2 aliphatic rings. The fraction of sp³-hybridized carbons (Fsp3) is 0.560. The molecule has 1 heterocycles. The minimum absolute atomic E-state index is 0.251. The molecule has 0 saturated heterocycles. The van der Waals surface area contributed by atoms with Crippen LogP contribution in [-0.4, -0.2) is 21.4 Å². The molecule has 4 heteroatoms. The van der Waals surface area contributed by atoms with Gasteiger partial charge in [-0.1, -0.05) is 66.6 Å². The first kappa shape index (κ1) is 20.7. The van der Waals surface area contributed by atoms with E-state index in [1.165, 1.54) is 62.6 Å². The lowest BCUT2D eigenvalue weighted by molar-refractivity contribution is -0.140. The highest BCUT2D eigenvalue weighted by Gasteiger charge is 2.31. The van der Waals surface area contributed by atoms with Crippen molar-refractivity contribution in [1.82, 2.24) is 9.47 Å². The summed E-state index contributed by atoms with van der Waals surface area (Å²) in [6.45, 7) is 1.61. The second-order valence-electron chi connectivity index (χ2n) is 8.85. The monoisotopic (exact) mass is 456 g/mol. The second-order valence-corrected chi connectivity index (χ2v) is 9.76. The summed E-state index contributed by atoms with van der Waals surface area (Å²) in [5.41, 5.74) is 2.54. The molecule has 4 rings (SSSR count). The number of carbonyl (C=O) groups excluding carboxylic acids is 1. The summed E-state index contributed by atoms with van der Waals surface area (Å²) < 4.78 is 3.42. The highest BCUT2D eigenvalue weighted by molar-refractivity contribution is 9.10. The standard InChI is InChI=1S/C25H33BrN2O/c26-22-15-13-20(14-16-22)18-27-17-7-12-24(27)19-28(23-10-5-2-6-11-23)25(29)21-8-3-1-4-9-21/h7,12-17,21,23H,1-6,8-11,18-19H2. The number of aromatic nitrogens is 1. The summed E-state index contributed by atoms with van der Waals surface area (Å²) in [7, 11) is 0. The minimum Gasteiger partial charge on any atom is -0.345 e. The van der Waals surface area contributed by atoms with E-state index in [2.05, 4.69) is 68.0 Å². The number of nitrogens with zero attached hydrogens (tertiary/aromatic N) is 2. The van der Waals surface area contributed by atoms with Gasteiger partial charge in [-0.05, 0) is 55.5 Å². The zero-order valence-electron chi connectivity index (χ0n) is 17.4. The van der Waals surface area contributed by atoms with Gasteiger partial charge in [-0.15, -0.1) is 0 Å². The zero-order chi connectivity index (χ0) is 20.1. The molecule has 0 N–H and O–H groups in total. The number of halogens is 1. The van der Waals surface area contributed by atoms with Crippen molar-refractivity contribution in [1.29, 1.82) is 0 Å². The molecule has 29 heavy (non-hydrogen) atoms. The van der Waals surface area contributed by atoms with E-state index in [1.807, 2.05) is 0 Å². The van der Waals surface area contributed by atoms with Gasteiger partial charge in [-0.2, -0.15) is 0 Å². The summed E-state index contributed by atoms with van der Waals surface area (Å²) >= 11 is 3.52. The van der Waals surface area contributed by atoms with Gasteiger partial charge in [-0.3, -0.25) is 4.79 Å². The lowest BCUT2D eigenvalue weighted by atomic mass is 9.86. The van der Waals surface area contributed by atoms with Crippen LogP contribution in [0.15, 0.2) is 47.1 Å². The van der Waals surface area contributed by atoms with Crippen molar-refractivity contribution in [2.24, 2.45) is 5.92 Å². The fourth-order valence-electron chi connectivity index (χ4n) is 5.07. The number of benzene rings is 1. The van der Waals surface area contributed by atoms with Crippen molar-refractivity contribution < 1.29 is 4.79 Å². The third-order valence-electron chi connectivity index (χ3n) is 6.78. The molecule has 2 fully saturated rings. The van der Waals surface area contributed by atoms with E-state index in [-0.39, 0.29) is 5.92 Å². The molecule has 2 saturated carbocycles. The van der Waals surface area contributed by atoms with E-state index in [4.69, 9.17) is 0 Å². The second kappa shape index (κ2) is 9.97. The SMILES string of the molecule is O=C(C1CCCCC1)N(Cc1cccn1Cc1ccc(Br)cc1)C1CCCCC1. The Morgan fingerprint density at radius 3 is 2.28 bits per heavy atom. The van der Waals surface area contributed by atoms with Gasteiger partial charge in [0.1, 0.15) is 0 Å². The normalized spacial score (nSPS) is 18.7. The van der Waals surface area contributed by atoms with E-state index in [1.54, 1.807) is 0 Å². The molecule has 1 amide bonds. The molecule has 0 spiro atoms. The maximum Gasteiger partial charge on any atom is 0.226 e. The van der Waals surface area contributed by atoms with Gasteiger partial charge in [0.15, 0.2) is 0 Å². The summed E-state index contributed by atoms with van der Waals surface area (Å²) in [5, 5.41) is 0. The smallest absolute Gasteiger partial charge is 0.226 e. The van der Waals surface area contributed by atoms with E-state index in [9.17, 15) is 4.79 Å². The van der Waals surface area contributed by atoms with Crippen LogP contribution in [0.5, 0.6) is 0 Å². The van der Waals surface area contributed by atoms with Crippen molar-refractivity contribution in [2.45, 2.75) is 83.3 Å². The average Bonchev–Trinajstić information content (AvgIpc) is 3.21. The van der Waals surface area contributed by atoms with Gasteiger partial charge in [0.05, 0.1) is 6.54 Å². The van der Waals surface area contributed by atoms with Crippen LogP contribution < -0.4 is 0 Å². The molecule has 2 aliphatic carbocycles. The van der Waals surface area contributed by atoms with Crippen LogP contribution in [0.25, 0.3) is 0 Å². The summed E-state index contributed by atoms with van der Waals surface area (Å²) in [6, 6.07) is 13.3. The Balaban J connectivity index is 1.52. The third kappa shape index (κ3) is 5.33. The molecule has 2 aromatic rings. The van der Waals surface area contributed by atoms with Crippen LogP contribution in [0.2, 0.25) is 0 Å². The summed E-state index contributed by atoms with van der Waals surface area (Å²) in [6.07, 6.45) is 14.2. The molecular formula is C25H33BrN2O. The first-order chi connectivity index (χ1) is 14.2. The molecule has 0 aliphatic heterocycles. The molecule has 0 atom stereocenters. The quantitative estimate of drug-likeness (QED) is 0.484. The van der Waals surface area contributed by atoms with Crippen molar-refractivity contribution >= 4 is 21.8 Å². The number of rotatable bonds is 6. The van der Waals surface area contributed by atoms with Crippen LogP contribution in [0.4, 0.5) is 0 Å². The van der Waals surface area contributed by atoms with Crippen molar-refractivity contribution in [3.63, 3.8) is 0 Å². The molecule has 156 valence electrons. The average molecular weight is 457 g/mol. The lowest BCUT2D eigenvalue weighted by Gasteiger charge is -2.37. The maximum atomic E-state index is 13.5. The van der Waals surface area contributed by atoms with Crippen molar-refractivity contribution in [2.75, 3.05) is 0 Å². The number of amides is 1. The highest BCUT2D eigenvalue weighted by atomic mass is 79.9. The van der Waals surface area contributed by atoms with Gasteiger partial charge in [0.2, 0.25) is 5.91 Å². The summed E-state index contributed by atoms with van der Waals surface area (Å²) in [5.74, 6) is 0.675. The molecule has 0 radical (unpaired) electrons. The Kier molecular flexibility index (Phi) is 7.12. The lowest BCUT2D eigenvalue weighted by Crippen LogP contribution is -2.44. The van der Waals surface area contributed by atoms with E-state index in [0.717, 1.165) is 30.4 Å². The molecule has 1 aromatic heterocycles. The first-order valence-corrected chi connectivity index (χ1v) is 12.2. The van der Waals surface area contributed by atoms with Gasteiger partial charge in [0, 0.05) is 34.9 Å².